The molecule has 1 aliphatic rings. The Bertz CT molecular complexity index is 621. The van der Waals surface area contributed by atoms with E-state index in [1.54, 1.807) is 0 Å². The second kappa shape index (κ2) is 3.73. The monoisotopic (exact) mass is 249 g/mol. The first-order valence-corrected chi connectivity index (χ1v) is 5.95. The zero-order valence-corrected chi connectivity index (χ0v) is 9.94. The summed E-state index contributed by atoms with van der Waals surface area (Å²) in [6.45, 7) is 0. The summed E-state index contributed by atoms with van der Waals surface area (Å²) < 4.78 is 1.51. The molecule has 0 unspecified atom stereocenters. The first-order valence-electron chi connectivity index (χ1n) is 5.50. The van der Waals surface area contributed by atoms with Crippen molar-refractivity contribution >= 4 is 24.2 Å². The molecule has 0 radical (unpaired) electrons. The van der Waals surface area contributed by atoms with E-state index in [2.05, 4.69) is 22.7 Å². The van der Waals surface area contributed by atoms with E-state index in [-0.39, 0.29) is 5.56 Å². The molecule has 3 rings (SSSR count). The Morgan fingerprint density at radius 3 is 2.94 bits per heavy atom. The summed E-state index contributed by atoms with van der Waals surface area (Å²) in [6, 6.07) is 0. The summed E-state index contributed by atoms with van der Waals surface area (Å²) in [6.07, 6.45) is 5.39. The summed E-state index contributed by atoms with van der Waals surface area (Å²) in [5.74, 6) is -1.00. The third kappa shape index (κ3) is 1.51. The molecule has 1 N–H and O–H groups in total. The van der Waals surface area contributed by atoms with Crippen LogP contribution in [0, 0.1) is 0 Å². The van der Waals surface area contributed by atoms with E-state index >= 15 is 0 Å². The van der Waals surface area contributed by atoms with Gasteiger partial charge in [-0.05, 0) is 25.7 Å². The molecule has 1 aliphatic carbocycles. The fraction of sp³-hybridized carbons (Fsp3) is 0.364. The predicted molar refractivity (Wildman–Crippen MR) is 63.8 cm³/mol. The van der Waals surface area contributed by atoms with Crippen molar-refractivity contribution in [1.82, 2.24) is 14.6 Å². The van der Waals surface area contributed by atoms with Crippen LogP contribution in [-0.2, 0) is 12.8 Å². The Morgan fingerprint density at radius 2 is 2.18 bits per heavy atom. The van der Waals surface area contributed by atoms with Crippen LogP contribution in [0.1, 0.15) is 34.5 Å². The van der Waals surface area contributed by atoms with Gasteiger partial charge in [-0.25, -0.2) is 14.3 Å². The highest BCUT2D eigenvalue weighted by atomic mass is 32.1. The van der Waals surface area contributed by atoms with Crippen molar-refractivity contribution in [3.63, 3.8) is 0 Å². The summed E-state index contributed by atoms with van der Waals surface area (Å²) in [4.78, 5) is 15.5. The first-order chi connectivity index (χ1) is 8.18. The van der Waals surface area contributed by atoms with Gasteiger partial charge in [0.1, 0.15) is 10.6 Å². The topological polar surface area (TPSA) is 67.5 Å². The first kappa shape index (κ1) is 10.6. The van der Waals surface area contributed by atoms with Crippen LogP contribution >= 0.6 is 12.6 Å². The van der Waals surface area contributed by atoms with E-state index in [1.807, 2.05) is 0 Å². The molecule has 17 heavy (non-hydrogen) atoms. The van der Waals surface area contributed by atoms with Gasteiger partial charge < -0.3 is 5.11 Å². The lowest BCUT2D eigenvalue weighted by Gasteiger charge is -2.17. The molecule has 0 saturated heterocycles. The molecule has 0 saturated carbocycles. The largest absolute Gasteiger partial charge is 0.477 e. The zero-order chi connectivity index (χ0) is 12.0. The second-order valence-electron chi connectivity index (χ2n) is 4.17. The number of hydrogen-bond donors (Lipinski definition) is 2. The maximum absolute atomic E-state index is 11.0. The molecular weight excluding hydrogens is 238 g/mol. The average molecular weight is 249 g/mol. The van der Waals surface area contributed by atoms with Gasteiger partial charge in [0.2, 0.25) is 0 Å². The maximum Gasteiger partial charge on any atom is 0.341 e. The number of carboxylic acid groups (broad SMARTS) is 1. The molecule has 2 heterocycles. The van der Waals surface area contributed by atoms with Crippen molar-refractivity contribution in [3.05, 3.63) is 23.0 Å². The molecule has 0 fully saturated rings. The van der Waals surface area contributed by atoms with Gasteiger partial charge in [-0.3, -0.25) is 0 Å². The van der Waals surface area contributed by atoms with Crippen molar-refractivity contribution in [2.75, 3.05) is 0 Å². The Kier molecular flexibility index (Phi) is 2.32. The zero-order valence-electron chi connectivity index (χ0n) is 9.05. The lowest BCUT2D eigenvalue weighted by molar-refractivity contribution is 0.0698. The van der Waals surface area contributed by atoms with E-state index in [4.69, 9.17) is 5.11 Å². The van der Waals surface area contributed by atoms with E-state index in [1.165, 1.54) is 10.7 Å². The summed E-state index contributed by atoms with van der Waals surface area (Å²) >= 11 is 4.45. The van der Waals surface area contributed by atoms with Crippen molar-refractivity contribution < 1.29 is 9.90 Å². The van der Waals surface area contributed by atoms with Gasteiger partial charge in [-0.15, -0.1) is 12.6 Å². The summed E-state index contributed by atoms with van der Waals surface area (Å²) in [5.41, 5.74) is 2.60. The van der Waals surface area contributed by atoms with Crippen LogP contribution in [0.4, 0.5) is 0 Å². The van der Waals surface area contributed by atoms with Gasteiger partial charge >= 0.3 is 5.97 Å². The smallest absolute Gasteiger partial charge is 0.341 e. The predicted octanol–water partition coefficient (Wildman–Crippen LogP) is 1.59. The second-order valence-corrected chi connectivity index (χ2v) is 4.59. The number of aromatic nitrogens is 3. The van der Waals surface area contributed by atoms with Crippen molar-refractivity contribution in [3.8, 4) is 0 Å². The van der Waals surface area contributed by atoms with Gasteiger partial charge in [0.25, 0.3) is 0 Å². The molecule has 0 aliphatic heterocycles. The average Bonchev–Trinajstić information content (AvgIpc) is 2.73. The minimum Gasteiger partial charge on any atom is -0.477 e. The molecule has 88 valence electrons. The number of aryl methyl sites for hydroxylation is 1. The summed E-state index contributed by atoms with van der Waals surface area (Å²) in [7, 11) is 0. The van der Waals surface area contributed by atoms with Gasteiger partial charge in [0.15, 0.2) is 5.65 Å². The molecule has 2 aromatic heterocycles. The molecule has 0 aromatic carbocycles. The molecular formula is C11H11N3O2S. The van der Waals surface area contributed by atoms with E-state index in [9.17, 15) is 4.79 Å². The standard InChI is InChI=1S/C11H11N3O2S/c15-11(16)7-5-12-14-9(7)13-8-4-2-1-3-6(8)10(14)17/h5,17H,1-4H2,(H,15,16). The fourth-order valence-corrected chi connectivity index (χ4v) is 2.65. The Morgan fingerprint density at radius 1 is 1.41 bits per heavy atom. The van der Waals surface area contributed by atoms with Gasteiger partial charge in [-0.2, -0.15) is 5.10 Å². The van der Waals surface area contributed by atoms with Crippen molar-refractivity contribution in [2.45, 2.75) is 30.7 Å². The van der Waals surface area contributed by atoms with Gasteiger partial charge in [-0.1, -0.05) is 0 Å². The number of aromatic carboxylic acids is 1. The molecule has 0 spiro atoms. The van der Waals surface area contributed by atoms with E-state index in [0.717, 1.165) is 42.0 Å². The van der Waals surface area contributed by atoms with Gasteiger partial charge in [0, 0.05) is 11.3 Å². The Hall–Kier alpha value is -1.56. The molecule has 6 heteroatoms. The highest BCUT2D eigenvalue weighted by molar-refractivity contribution is 7.80. The number of carboxylic acids is 1. The molecule has 0 bridgehead atoms. The van der Waals surface area contributed by atoms with Crippen LogP contribution in [0.2, 0.25) is 0 Å². The number of nitrogens with zero attached hydrogens (tertiary/aromatic N) is 3. The Labute approximate surface area is 103 Å². The van der Waals surface area contributed by atoms with Crippen LogP contribution in [0.25, 0.3) is 5.65 Å². The van der Waals surface area contributed by atoms with E-state index in [0.29, 0.717) is 5.65 Å². The normalized spacial score (nSPS) is 14.9. The summed E-state index contributed by atoms with van der Waals surface area (Å²) in [5, 5.41) is 13.8. The van der Waals surface area contributed by atoms with E-state index < -0.39 is 5.97 Å². The highest BCUT2D eigenvalue weighted by Crippen LogP contribution is 2.27. The number of hydrogen-bond acceptors (Lipinski definition) is 4. The SMILES string of the molecule is O=C(O)c1cnn2c(S)c3c(nc12)CCCC3. The third-order valence-electron chi connectivity index (χ3n) is 3.12. The quantitative estimate of drug-likeness (QED) is 0.595. The van der Waals surface area contributed by atoms with Crippen LogP contribution in [-0.4, -0.2) is 25.7 Å². The van der Waals surface area contributed by atoms with Crippen LogP contribution in [0.15, 0.2) is 11.2 Å². The molecule has 0 atom stereocenters. The lowest BCUT2D eigenvalue weighted by Crippen LogP contribution is -2.11. The molecule has 0 amide bonds. The minimum atomic E-state index is -1.00. The Balaban J connectivity index is 2.34. The highest BCUT2D eigenvalue weighted by Gasteiger charge is 2.20. The fourth-order valence-electron chi connectivity index (χ4n) is 2.26. The maximum atomic E-state index is 11.0. The lowest BCUT2D eigenvalue weighted by atomic mass is 9.97. The number of fused-ring (bicyclic) bond motifs is 2. The van der Waals surface area contributed by atoms with Crippen LogP contribution in [0.3, 0.4) is 0 Å². The molecule has 2 aromatic rings. The molecule has 5 nitrogen and oxygen atoms in total. The van der Waals surface area contributed by atoms with Crippen LogP contribution in [0.5, 0.6) is 0 Å². The number of carbonyl (C=O) groups is 1. The van der Waals surface area contributed by atoms with Crippen molar-refractivity contribution in [2.24, 2.45) is 0 Å². The van der Waals surface area contributed by atoms with Gasteiger partial charge in [0.05, 0.1) is 6.20 Å². The van der Waals surface area contributed by atoms with Crippen LogP contribution < -0.4 is 0 Å². The minimum absolute atomic E-state index is 0.133. The van der Waals surface area contributed by atoms with Crippen molar-refractivity contribution in [1.29, 1.82) is 0 Å². The third-order valence-corrected chi connectivity index (χ3v) is 3.58. The number of thiol groups is 1. The number of rotatable bonds is 1.